The molecule has 0 fully saturated rings. The molecule has 0 atom stereocenters. The lowest BCUT2D eigenvalue weighted by atomic mass is 9.86. The first-order valence-electron chi connectivity index (χ1n) is 7.01. The van der Waals surface area contributed by atoms with Gasteiger partial charge in [0.15, 0.2) is 0 Å². The Morgan fingerprint density at radius 1 is 0.765 bits per heavy atom. The number of benzene rings is 1. The summed E-state index contributed by atoms with van der Waals surface area (Å²) in [5.74, 6) is 0.633. The summed E-state index contributed by atoms with van der Waals surface area (Å²) in [7, 11) is 0. The van der Waals surface area contributed by atoms with Crippen LogP contribution >= 0.6 is 0 Å². The smallest absolute Gasteiger partial charge is 0.0132 e. The molecule has 100 valence electrons. The summed E-state index contributed by atoms with van der Waals surface area (Å²) in [6.07, 6.45) is 0. The molecule has 0 saturated carbocycles. The van der Waals surface area contributed by atoms with Crippen LogP contribution in [-0.4, -0.2) is 0 Å². The van der Waals surface area contributed by atoms with E-state index in [0.717, 1.165) is 0 Å². The van der Waals surface area contributed by atoms with E-state index in [0.29, 0.717) is 5.92 Å². The first-order chi connectivity index (χ1) is 7.91. The lowest BCUT2D eigenvalue weighted by molar-refractivity contribution is 0.589. The minimum absolute atomic E-state index is 0.273. The molecule has 0 radical (unpaired) electrons. The van der Waals surface area contributed by atoms with Crippen molar-refractivity contribution in [2.45, 2.75) is 73.6 Å². The molecule has 0 saturated heterocycles. The average Bonchev–Trinajstić information content (AvgIpc) is 2.33. The van der Waals surface area contributed by atoms with Crippen LogP contribution < -0.4 is 0 Å². The number of hydrogen-bond acceptors (Lipinski definition) is 0. The largest absolute Gasteiger partial charge is 0.0683 e. The van der Waals surface area contributed by atoms with Gasteiger partial charge in [-0.2, -0.15) is 0 Å². The molecule has 1 rings (SSSR count). The highest BCUT2D eigenvalue weighted by atomic mass is 14.2. The third-order valence-corrected chi connectivity index (χ3v) is 2.44. The molecule has 1 aromatic carbocycles. The summed E-state index contributed by atoms with van der Waals surface area (Å²) >= 11 is 0. The van der Waals surface area contributed by atoms with Crippen LogP contribution in [-0.2, 0) is 5.41 Å². The van der Waals surface area contributed by atoms with Crippen molar-refractivity contribution < 1.29 is 0 Å². The van der Waals surface area contributed by atoms with Crippen LogP contribution in [0.2, 0.25) is 0 Å². The predicted molar refractivity (Wildman–Crippen MR) is 81.9 cm³/mol. The Kier molecular flexibility index (Phi) is 10.1. The molecule has 0 heteroatoms. The molecule has 0 N–H and O–H groups in total. The summed E-state index contributed by atoms with van der Waals surface area (Å²) < 4.78 is 0. The third-order valence-electron chi connectivity index (χ3n) is 2.44. The molecular formula is C17H32. The van der Waals surface area contributed by atoms with Gasteiger partial charge in [-0.15, -0.1) is 0 Å². The molecule has 0 aromatic heterocycles. The zero-order chi connectivity index (χ0) is 14.1. The fourth-order valence-electron chi connectivity index (χ4n) is 1.37. The minimum atomic E-state index is 0.273. The molecular weight excluding hydrogens is 204 g/mol. The van der Waals surface area contributed by atoms with Crippen LogP contribution in [0.4, 0.5) is 0 Å². The minimum Gasteiger partial charge on any atom is -0.0683 e. The first-order valence-corrected chi connectivity index (χ1v) is 7.01. The van der Waals surface area contributed by atoms with Crippen LogP contribution in [0.1, 0.15) is 79.4 Å². The molecule has 0 unspecified atom stereocenters. The van der Waals surface area contributed by atoms with Gasteiger partial charge in [-0.1, -0.05) is 86.6 Å². The second-order valence-electron chi connectivity index (χ2n) is 5.03. The summed E-state index contributed by atoms with van der Waals surface area (Å²) in [6.45, 7) is 19.2. The summed E-state index contributed by atoms with van der Waals surface area (Å²) in [5, 5.41) is 0. The van der Waals surface area contributed by atoms with Crippen LogP contribution in [0, 0.1) is 0 Å². The Morgan fingerprint density at radius 2 is 1.12 bits per heavy atom. The van der Waals surface area contributed by atoms with Crippen molar-refractivity contribution in [2.24, 2.45) is 0 Å². The van der Waals surface area contributed by atoms with Gasteiger partial charge in [-0.05, 0) is 22.5 Å². The lowest BCUT2D eigenvalue weighted by Crippen LogP contribution is -2.10. The highest BCUT2D eigenvalue weighted by Crippen LogP contribution is 2.24. The van der Waals surface area contributed by atoms with Crippen LogP contribution in [0.5, 0.6) is 0 Å². The second kappa shape index (κ2) is 9.27. The molecule has 0 amide bonds. The fraction of sp³-hybridized carbons (Fsp3) is 0.647. The van der Waals surface area contributed by atoms with Gasteiger partial charge in [0.1, 0.15) is 0 Å². The van der Waals surface area contributed by atoms with E-state index in [9.17, 15) is 0 Å². The van der Waals surface area contributed by atoms with E-state index < -0.39 is 0 Å². The monoisotopic (exact) mass is 236 g/mol. The first kappa shape index (κ1) is 18.6. The van der Waals surface area contributed by atoms with Crippen LogP contribution in [0.15, 0.2) is 24.3 Å². The van der Waals surface area contributed by atoms with Gasteiger partial charge in [-0.3, -0.25) is 0 Å². The van der Waals surface area contributed by atoms with Crippen molar-refractivity contribution in [1.82, 2.24) is 0 Å². The van der Waals surface area contributed by atoms with Gasteiger partial charge in [0, 0.05) is 0 Å². The number of hydrogen-bond donors (Lipinski definition) is 0. The summed E-state index contributed by atoms with van der Waals surface area (Å²) in [4.78, 5) is 0. The molecule has 0 aliphatic carbocycles. The topological polar surface area (TPSA) is 0 Å². The maximum Gasteiger partial charge on any atom is -0.0132 e. The van der Waals surface area contributed by atoms with Gasteiger partial charge in [-0.25, -0.2) is 0 Å². The number of rotatable bonds is 1. The van der Waals surface area contributed by atoms with Crippen molar-refractivity contribution >= 4 is 0 Å². The van der Waals surface area contributed by atoms with Crippen molar-refractivity contribution in [3.63, 3.8) is 0 Å². The quantitative estimate of drug-likeness (QED) is 0.548. The van der Waals surface area contributed by atoms with Crippen molar-refractivity contribution in [1.29, 1.82) is 0 Å². The molecule has 1 aromatic rings. The van der Waals surface area contributed by atoms with E-state index in [1.165, 1.54) is 11.1 Å². The van der Waals surface area contributed by atoms with Gasteiger partial charge in [0.25, 0.3) is 0 Å². The van der Waals surface area contributed by atoms with E-state index in [1.807, 2.05) is 27.7 Å². The SMILES string of the molecule is CC.CC.CC(C)c1ccc(C(C)(C)C)cc1. The van der Waals surface area contributed by atoms with E-state index in [4.69, 9.17) is 0 Å². The zero-order valence-electron chi connectivity index (χ0n) is 13.4. The second-order valence-corrected chi connectivity index (χ2v) is 5.03. The predicted octanol–water partition coefficient (Wildman–Crippen LogP) is 6.16. The van der Waals surface area contributed by atoms with Crippen molar-refractivity contribution in [3.8, 4) is 0 Å². The Labute approximate surface area is 109 Å². The van der Waals surface area contributed by atoms with E-state index >= 15 is 0 Å². The Bertz CT molecular complexity index is 259. The van der Waals surface area contributed by atoms with Gasteiger partial charge in [0.05, 0.1) is 0 Å². The van der Waals surface area contributed by atoms with Gasteiger partial charge >= 0.3 is 0 Å². The Hall–Kier alpha value is -0.780. The molecule has 0 bridgehead atoms. The average molecular weight is 236 g/mol. The zero-order valence-corrected chi connectivity index (χ0v) is 13.4. The highest BCUT2D eigenvalue weighted by Gasteiger charge is 2.12. The standard InChI is InChI=1S/C13H20.2C2H6/c1-10(2)11-6-8-12(9-7-11)13(3,4)5;2*1-2/h6-10H,1-5H3;2*1-2H3. The fourth-order valence-corrected chi connectivity index (χ4v) is 1.37. The van der Waals surface area contributed by atoms with E-state index in [1.54, 1.807) is 0 Å². The van der Waals surface area contributed by atoms with Gasteiger partial charge in [0.2, 0.25) is 0 Å². The summed E-state index contributed by atoms with van der Waals surface area (Å²) in [6, 6.07) is 8.97. The van der Waals surface area contributed by atoms with Crippen LogP contribution in [0.25, 0.3) is 0 Å². The molecule has 0 aliphatic heterocycles. The van der Waals surface area contributed by atoms with Gasteiger partial charge < -0.3 is 0 Å². The third kappa shape index (κ3) is 7.20. The van der Waals surface area contributed by atoms with E-state index in [-0.39, 0.29) is 5.41 Å². The van der Waals surface area contributed by atoms with Crippen LogP contribution in [0.3, 0.4) is 0 Å². The molecule has 0 spiro atoms. The van der Waals surface area contributed by atoms with Crippen molar-refractivity contribution in [3.05, 3.63) is 35.4 Å². The Balaban J connectivity index is 0. The maximum absolute atomic E-state index is 2.25. The summed E-state index contributed by atoms with van der Waals surface area (Å²) in [5.41, 5.74) is 3.11. The molecule has 0 heterocycles. The molecule has 0 nitrogen and oxygen atoms in total. The van der Waals surface area contributed by atoms with Crippen molar-refractivity contribution in [2.75, 3.05) is 0 Å². The lowest BCUT2D eigenvalue weighted by Gasteiger charge is -2.19. The van der Waals surface area contributed by atoms with E-state index in [2.05, 4.69) is 58.9 Å². The molecule has 17 heavy (non-hydrogen) atoms. The maximum atomic E-state index is 2.25. The normalized spacial score (nSPS) is 10.0. The highest BCUT2D eigenvalue weighted by molar-refractivity contribution is 5.28. The Morgan fingerprint density at radius 3 is 1.35 bits per heavy atom. The molecule has 0 aliphatic rings.